The summed E-state index contributed by atoms with van der Waals surface area (Å²) in [4.78, 5) is 17.5. The van der Waals surface area contributed by atoms with Crippen LogP contribution in [0.1, 0.15) is 24.1 Å². The van der Waals surface area contributed by atoms with Crippen molar-refractivity contribution in [3.63, 3.8) is 0 Å². The number of rotatable bonds is 4. The van der Waals surface area contributed by atoms with E-state index in [1.54, 1.807) is 4.68 Å². The van der Waals surface area contributed by atoms with E-state index in [1.807, 2.05) is 74.8 Å². The second kappa shape index (κ2) is 6.55. The lowest BCUT2D eigenvalue weighted by molar-refractivity contribution is -0.118. The number of hydrogen-bond donors (Lipinski definition) is 1. The monoisotopic (exact) mass is 382 g/mol. The number of fused-ring (bicyclic) bond motifs is 1. The van der Waals surface area contributed by atoms with Crippen molar-refractivity contribution >= 4 is 22.6 Å². The zero-order valence-corrected chi connectivity index (χ0v) is 16.5. The number of aromatic nitrogens is 3. The first-order valence-electron chi connectivity index (χ1n) is 9.84. The summed E-state index contributed by atoms with van der Waals surface area (Å²) >= 11 is 0. The quantitative estimate of drug-likeness (QED) is 0.560. The highest BCUT2D eigenvalue weighted by Gasteiger charge is 2.51. The molecule has 1 N–H and O–H groups in total. The number of nitrogens with zero attached hydrogens (tertiary/aromatic N) is 3. The van der Waals surface area contributed by atoms with Gasteiger partial charge in [0.15, 0.2) is 5.65 Å². The second-order valence-corrected chi connectivity index (χ2v) is 7.80. The molecule has 0 aliphatic heterocycles. The lowest BCUT2D eigenvalue weighted by atomic mass is 9.95. The number of hydrogen-bond acceptors (Lipinski definition) is 3. The fourth-order valence-corrected chi connectivity index (χ4v) is 3.99. The van der Waals surface area contributed by atoms with E-state index in [-0.39, 0.29) is 11.3 Å². The molecule has 144 valence electrons. The third-order valence-electron chi connectivity index (χ3n) is 5.80. The van der Waals surface area contributed by atoms with Crippen molar-refractivity contribution in [2.75, 3.05) is 5.32 Å². The van der Waals surface area contributed by atoms with Gasteiger partial charge in [-0.1, -0.05) is 42.5 Å². The van der Waals surface area contributed by atoms with E-state index >= 15 is 0 Å². The molecule has 1 saturated carbocycles. The van der Waals surface area contributed by atoms with Gasteiger partial charge in [-0.05, 0) is 54.7 Å². The lowest BCUT2D eigenvalue weighted by Crippen LogP contribution is -2.27. The number of anilines is 1. The number of pyridine rings is 1. The molecule has 2 aromatic heterocycles. The molecule has 2 aromatic carbocycles. The minimum absolute atomic E-state index is 0.0749. The SMILES string of the molecule is Cc1cc(-c2ccc(NC(=O)C3(c4ccccc4)CC3)cc2)c2cnn(C)c2n1. The van der Waals surface area contributed by atoms with E-state index in [1.165, 1.54) is 0 Å². The van der Waals surface area contributed by atoms with Gasteiger partial charge in [-0.25, -0.2) is 4.98 Å². The molecule has 0 saturated heterocycles. The average molecular weight is 382 g/mol. The van der Waals surface area contributed by atoms with Crippen LogP contribution < -0.4 is 5.32 Å². The standard InChI is InChI=1S/C24H22N4O/c1-16-14-20(21-15-25-28(2)22(21)26-16)17-8-10-19(11-9-17)27-23(29)24(12-13-24)18-6-4-3-5-7-18/h3-11,14-15H,12-13H2,1-2H3,(H,27,29). The molecule has 29 heavy (non-hydrogen) atoms. The molecule has 1 amide bonds. The maximum Gasteiger partial charge on any atom is 0.235 e. The molecule has 5 rings (SSSR count). The molecule has 2 heterocycles. The average Bonchev–Trinajstić information content (AvgIpc) is 3.48. The van der Waals surface area contributed by atoms with Crippen molar-refractivity contribution in [1.82, 2.24) is 14.8 Å². The van der Waals surface area contributed by atoms with Gasteiger partial charge in [-0.2, -0.15) is 5.10 Å². The Bertz CT molecular complexity index is 1210. The highest BCUT2D eigenvalue weighted by Crippen LogP contribution is 2.49. The van der Waals surface area contributed by atoms with E-state index in [9.17, 15) is 4.79 Å². The van der Waals surface area contributed by atoms with E-state index in [2.05, 4.69) is 21.5 Å². The summed E-state index contributed by atoms with van der Waals surface area (Å²) in [5.41, 5.74) is 5.54. The molecule has 5 heteroatoms. The molecule has 1 fully saturated rings. The summed E-state index contributed by atoms with van der Waals surface area (Å²) < 4.78 is 1.79. The Morgan fingerprint density at radius 2 is 1.79 bits per heavy atom. The molecule has 1 aliphatic carbocycles. The first-order chi connectivity index (χ1) is 14.1. The molecule has 0 bridgehead atoms. The first kappa shape index (κ1) is 17.6. The predicted molar refractivity (Wildman–Crippen MR) is 115 cm³/mol. The fraction of sp³-hybridized carbons (Fsp3) is 0.208. The van der Waals surface area contributed by atoms with Crippen molar-refractivity contribution in [2.45, 2.75) is 25.2 Å². The maximum absolute atomic E-state index is 12.9. The summed E-state index contributed by atoms with van der Waals surface area (Å²) in [6, 6.07) is 20.1. The summed E-state index contributed by atoms with van der Waals surface area (Å²) in [5.74, 6) is 0.0749. The smallest absolute Gasteiger partial charge is 0.235 e. The number of carbonyl (C=O) groups is 1. The maximum atomic E-state index is 12.9. The number of nitrogens with one attached hydrogen (secondary N) is 1. The Labute approximate surface area is 169 Å². The normalized spacial score (nSPS) is 14.7. The number of benzene rings is 2. The zero-order chi connectivity index (χ0) is 20.0. The Balaban J connectivity index is 1.41. The van der Waals surface area contributed by atoms with Crippen LogP contribution in [-0.4, -0.2) is 20.7 Å². The number of amides is 1. The fourth-order valence-electron chi connectivity index (χ4n) is 3.99. The Kier molecular flexibility index (Phi) is 3.98. The molecular weight excluding hydrogens is 360 g/mol. The van der Waals surface area contributed by atoms with Gasteiger partial charge >= 0.3 is 0 Å². The number of aryl methyl sites for hydroxylation is 2. The first-order valence-corrected chi connectivity index (χ1v) is 9.84. The van der Waals surface area contributed by atoms with Crippen LogP contribution in [-0.2, 0) is 17.3 Å². The van der Waals surface area contributed by atoms with Crippen molar-refractivity contribution in [3.8, 4) is 11.1 Å². The predicted octanol–water partition coefficient (Wildman–Crippen LogP) is 4.61. The molecule has 0 radical (unpaired) electrons. The molecule has 0 atom stereocenters. The second-order valence-electron chi connectivity index (χ2n) is 7.80. The molecule has 0 spiro atoms. The van der Waals surface area contributed by atoms with Gasteiger partial charge in [-0.15, -0.1) is 0 Å². The topological polar surface area (TPSA) is 59.8 Å². The van der Waals surface area contributed by atoms with Crippen LogP contribution in [0.5, 0.6) is 0 Å². The van der Waals surface area contributed by atoms with Crippen LogP contribution >= 0.6 is 0 Å². The highest BCUT2D eigenvalue weighted by atomic mass is 16.2. The molecule has 1 aliphatic rings. The molecule has 0 unspecified atom stereocenters. The minimum atomic E-state index is -0.371. The van der Waals surface area contributed by atoms with Crippen molar-refractivity contribution < 1.29 is 4.79 Å². The Morgan fingerprint density at radius 3 is 2.48 bits per heavy atom. The third-order valence-corrected chi connectivity index (χ3v) is 5.80. The van der Waals surface area contributed by atoms with Crippen molar-refractivity contribution in [1.29, 1.82) is 0 Å². The summed E-state index contributed by atoms with van der Waals surface area (Å²) in [5, 5.41) is 8.47. The van der Waals surface area contributed by atoms with Crippen LogP contribution in [0.4, 0.5) is 5.69 Å². The van der Waals surface area contributed by atoms with E-state index in [4.69, 9.17) is 0 Å². The van der Waals surface area contributed by atoms with Crippen LogP contribution in [0.25, 0.3) is 22.2 Å². The van der Waals surface area contributed by atoms with Gasteiger partial charge in [0.2, 0.25) is 5.91 Å². The molecule has 4 aromatic rings. The van der Waals surface area contributed by atoms with Crippen molar-refractivity contribution in [2.24, 2.45) is 7.05 Å². The summed E-state index contributed by atoms with van der Waals surface area (Å²) in [7, 11) is 1.90. The van der Waals surface area contributed by atoms with Gasteiger partial charge in [0.25, 0.3) is 0 Å². The third kappa shape index (κ3) is 2.99. The van der Waals surface area contributed by atoms with E-state index in [0.29, 0.717) is 0 Å². The Hall–Kier alpha value is -3.47. The van der Waals surface area contributed by atoms with Gasteiger partial charge in [0.1, 0.15) is 0 Å². The van der Waals surface area contributed by atoms with Crippen LogP contribution in [0.2, 0.25) is 0 Å². The Morgan fingerprint density at radius 1 is 1.07 bits per heavy atom. The van der Waals surface area contributed by atoms with Gasteiger partial charge in [-0.3, -0.25) is 9.48 Å². The van der Waals surface area contributed by atoms with Gasteiger partial charge in [0, 0.05) is 23.8 Å². The summed E-state index contributed by atoms with van der Waals surface area (Å²) in [6.07, 6.45) is 3.65. The van der Waals surface area contributed by atoms with E-state index < -0.39 is 0 Å². The van der Waals surface area contributed by atoms with Crippen LogP contribution in [0, 0.1) is 6.92 Å². The van der Waals surface area contributed by atoms with Gasteiger partial charge < -0.3 is 5.32 Å². The van der Waals surface area contributed by atoms with Crippen molar-refractivity contribution in [3.05, 3.63) is 78.1 Å². The number of carbonyl (C=O) groups excluding carboxylic acids is 1. The van der Waals surface area contributed by atoms with Gasteiger partial charge in [0.05, 0.1) is 11.6 Å². The lowest BCUT2D eigenvalue weighted by Gasteiger charge is -2.16. The zero-order valence-electron chi connectivity index (χ0n) is 16.5. The summed E-state index contributed by atoms with van der Waals surface area (Å²) in [6.45, 7) is 1.99. The largest absolute Gasteiger partial charge is 0.325 e. The molecule has 5 nitrogen and oxygen atoms in total. The molecular formula is C24H22N4O. The van der Waals surface area contributed by atoms with Crippen LogP contribution in [0.3, 0.4) is 0 Å². The minimum Gasteiger partial charge on any atom is -0.325 e. The highest BCUT2D eigenvalue weighted by molar-refractivity contribution is 6.01. The van der Waals surface area contributed by atoms with Crippen LogP contribution in [0.15, 0.2) is 66.9 Å². The van der Waals surface area contributed by atoms with E-state index in [0.717, 1.165) is 51.9 Å².